The summed E-state index contributed by atoms with van der Waals surface area (Å²) in [4.78, 5) is 149. The number of aromatic amines is 2. The number of nitrogens with one attached hydrogen (secondary N) is 3. The van der Waals surface area contributed by atoms with Gasteiger partial charge in [-0.15, -0.1) is 0 Å². The Bertz CT molecular complexity index is 7520. The number of aliphatic hydroxyl groups excluding tert-OH is 2. The van der Waals surface area contributed by atoms with Crippen LogP contribution in [0, 0.1) is 41.5 Å². The van der Waals surface area contributed by atoms with Crippen LogP contribution in [0.15, 0.2) is 250 Å². The first-order chi connectivity index (χ1) is 69.7. The molecule has 1 aliphatic rings. The van der Waals surface area contributed by atoms with E-state index < -0.39 is 37.6 Å². The summed E-state index contributed by atoms with van der Waals surface area (Å²) in [5, 5.41) is 37.6. The van der Waals surface area contributed by atoms with Crippen LogP contribution in [0.5, 0.6) is 28.7 Å². The number of aromatic hydroxyl groups is 2. The van der Waals surface area contributed by atoms with Crippen molar-refractivity contribution in [3.05, 3.63) is 300 Å². The normalized spacial score (nSPS) is 11.6. The van der Waals surface area contributed by atoms with Crippen LogP contribution >= 0.6 is 47.8 Å². The number of aliphatic hydroxyl groups is 2. The number of ether oxygens (including phenoxy) is 3. The van der Waals surface area contributed by atoms with E-state index in [2.05, 4.69) is 178 Å². The van der Waals surface area contributed by atoms with E-state index in [0.29, 0.717) is 136 Å². The second-order valence-electron chi connectivity index (χ2n) is 30.7. The number of nitrogen functional groups attached to an aromatic ring is 1. The third kappa shape index (κ3) is 33.1. The summed E-state index contributed by atoms with van der Waals surface area (Å²) in [7, 11) is -0.483. The smallest absolute Gasteiger partial charge is 0.496 e. The number of hydrogen-bond donors (Lipinski definition) is 8. The Morgan fingerprint density at radius 1 is 0.441 bits per heavy atom. The molecule has 1 aliphatic heterocycles. The Labute approximate surface area is 846 Å². The Morgan fingerprint density at radius 3 is 1.28 bits per heavy atom. The first-order valence-electron chi connectivity index (χ1n) is 42.7. The zero-order chi connectivity index (χ0) is 104. The fourth-order valence-corrected chi connectivity index (χ4v) is 12.5. The molecule has 20 heterocycles. The molecule has 45 nitrogen and oxygen atoms in total. The molecule has 0 unspecified atom stereocenters. The molecule has 0 atom stereocenters. The van der Waals surface area contributed by atoms with Gasteiger partial charge in [0.1, 0.15) is 156 Å². The molecule has 0 spiro atoms. The quantitative estimate of drug-likeness (QED) is 0.0370. The third-order valence-electron chi connectivity index (χ3n) is 19.1. The van der Waals surface area contributed by atoms with Crippen LogP contribution < -0.4 is 41.8 Å². The second-order valence-corrected chi connectivity index (χ2v) is 33.4. The summed E-state index contributed by atoms with van der Waals surface area (Å²) in [5.74, 6) is 2.89. The van der Waals surface area contributed by atoms with Gasteiger partial charge in [-0.05, 0) is 214 Å². The standard InChI is InChI=1S/C19H16FN5O3.C17H19BN4O3.C11H9BrN4O2.C11H7BrN4O.C11H8N4O2.C8H10FNO2.C6H7NO2.C5H5BrN2O.C5H6N2.CO2/c1-12-6-16(24-11-23-12)19-25-17-7-15(9-22-18(17)28-19)27-10-13-2-3-14(8-21-13)26-5-4-20;1-10-6-12(21-9-20-10)15-22-13-7-11(8-19-14(13)23-15)18-24-16(2,3)17(4,5)25-18;1-6-2-8(15-5-14-6)11(18)16-9-3-7(12)4-13-10(9)17;1-6-2-8(15-5-14-6)11-16-9-3-7(12)4-13-10(9)17-11;1-6-2-8(14-5-13-6)11-15-9-3-7(16)4-12-10(9)17-11;9-3-4-12-8-2-1-7(6-11)10-5-8;8-4-5-1-2-6(9)3-7-5;6-3-1-4(7)5(9)8-2-3;1-5-2-3-6-4-7-5;2-1-3/h2-3,6-9,11H,4-5,10H2,1H3;6-9H,1-5H3;2-5H,1H3,(H,13,17)(H,16,18);2-5H,1H3;2-5,16H,1H3;1-2,5,11H,3-4,6H2;1-3,8-9H,4H2;1-2H,7H2,(H,8,9);2-4H,1H3;. The predicted octanol–water partition coefficient (Wildman–Crippen LogP) is 13.7. The number of fused-ring (bicyclic) bond motifs is 4. The first-order valence-corrected chi connectivity index (χ1v) is 45.1. The van der Waals surface area contributed by atoms with E-state index in [9.17, 15) is 28.3 Å². The number of amides is 1. The van der Waals surface area contributed by atoms with Crippen LogP contribution in [0.2, 0.25) is 0 Å². The third-order valence-corrected chi connectivity index (χ3v) is 20.5. The Morgan fingerprint density at radius 2 is 0.855 bits per heavy atom. The van der Waals surface area contributed by atoms with E-state index in [1.54, 1.807) is 98.6 Å². The second kappa shape index (κ2) is 53.1. The summed E-state index contributed by atoms with van der Waals surface area (Å²) in [6.45, 7) is 18.3. The van der Waals surface area contributed by atoms with Gasteiger partial charge in [0.05, 0.1) is 78.2 Å². The molecule has 0 aliphatic carbocycles. The topological polar surface area (TPSA) is 631 Å². The zero-order valence-corrected chi connectivity index (χ0v) is 83.2. The number of aryl methyl sites for hydroxylation is 6. The van der Waals surface area contributed by atoms with Gasteiger partial charge in [0.25, 0.3) is 17.0 Å². The molecule has 1 saturated heterocycles. The fraction of sp³-hybridized carbons (Fsp3) is 0.202. The van der Waals surface area contributed by atoms with Crippen LogP contribution in [0.3, 0.4) is 0 Å². The van der Waals surface area contributed by atoms with Crippen LogP contribution in [0.25, 0.3) is 91.3 Å². The van der Waals surface area contributed by atoms with Crippen molar-refractivity contribution in [1.82, 2.24) is 125 Å². The van der Waals surface area contributed by atoms with Crippen molar-refractivity contribution >= 4 is 129 Å². The van der Waals surface area contributed by atoms with Crippen molar-refractivity contribution in [1.29, 1.82) is 0 Å². The zero-order valence-electron chi connectivity index (χ0n) is 78.4. The van der Waals surface area contributed by atoms with Crippen LogP contribution in [0.1, 0.15) is 89.4 Å². The number of halogens is 5. The number of anilines is 2. The maximum absolute atomic E-state index is 12.1. The van der Waals surface area contributed by atoms with Gasteiger partial charge in [0.15, 0.2) is 0 Å². The van der Waals surface area contributed by atoms with E-state index >= 15 is 0 Å². The van der Waals surface area contributed by atoms with Crippen molar-refractivity contribution in [2.75, 3.05) is 37.6 Å². The molecule has 0 saturated carbocycles. The largest absolute Gasteiger partial charge is 0.506 e. The highest BCUT2D eigenvalue weighted by Crippen LogP contribution is 2.37. The monoisotopic (exact) mass is 2170 g/mol. The number of pyridine rings is 9. The molecule has 744 valence electrons. The molecule has 9 N–H and O–H groups in total. The highest BCUT2D eigenvalue weighted by Gasteiger charge is 2.52. The average molecular weight is 2170 g/mol. The number of aromatic nitrogens is 25. The maximum atomic E-state index is 12.1. The molecule has 0 aromatic carbocycles. The number of oxazole rings is 4. The van der Waals surface area contributed by atoms with Crippen molar-refractivity contribution in [3.8, 4) is 75.1 Å². The molecule has 145 heavy (non-hydrogen) atoms. The number of nitrogens with two attached hydrogens (primary N) is 1. The highest BCUT2D eigenvalue weighted by molar-refractivity contribution is 9.11. The number of nitrogens with zero attached hydrogens (tertiary/aromatic N) is 23. The van der Waals surface area contributed by atoms with Crippen molar-refractivity contribution < 1.29 is 84.8 Å². The summed E-state index contributed by atoms with van der Waals surface area (Å²) in [5.41, 5.74) is 18.7. The molecular formula is C94H87BBr3F2N27O18. The van der Waals surface area contributed by atoms with Gasteiger partial charge in [-0.25, -0.2) is 108 Å². The lowest BCUT2D eigenvalue weighted by molar-refractivity contribution is -0.191. The van der Waals surface area contributed by atoms with Gasteiger partial charge >= 0.3 is 13.3 Å². The Kier molecular flexibility index (Phi) is 39.8. The summed E-state index contributed by atoms with van der Waals surface area (Å²) >= 11 is 9.69. The lowest BCUT2D eigenvalue weighted by Gasteiger charge is -2.32. The molecule has 19 aromatic rings. The molecule has 19 aromatic heterocycles. The average Bonchev–Trinajstić information content (AvgIpc) is 1.60. The molecule has 1 fully saturated rings. The van der Waals surface area contributed by atoms with Gasteiger partial charge in [0, 0.05) is 96.2 Å². The van der Waals surface area contributed by atoms with E-state index in [0.717, 1.165) is 42.9 Å². The molecule has 0 bridgehead atoms. The number of H-pyrrole nitrogens is 2. The van der Waals surface area contributed by atoms with Crippen molar-refractivity contribution in [2.45, 2.75) is 100 Å². The van der Waals surface area contributed by atoms with Crippen molar-refractivity contribution in [3.63, 3.8) is 0 Å². The van der Waals surface area contributed by atoms with Crippen LogP contribution in [-0.4, -0.2) is 202 Å². The van der Waals surface area contributed by atoms with Gasteiger partial charge in [-0.2, -0.15) is 9.59 Å². The van der Waals surface area contributed by atoms with Gasteiger partial charge in [-0.3, -0.25) is 29.3 Å². The minimum Gasteiger partial charge on any atom is -0.506 e. The highest BCUT2D eigenvalue weighted by atomic mass is 79.9. The maximum Gasteiger partial charge on any atom is 0.496 e. The lowest BCUT2D eigenvalue weighted by atomic mass is 9.80. The van der Waals surface area contributed by atoms with E-state index in [-0.39, 0.29) is 78.9 Å². The molecule has 51 heteroatoms. The summed E-state index contributed by atoms with van der Waals surface area (Å²) in [6.07, 6.45) is 24.3. The van der Waals surface area contributed by atoms with E-state index in [4.69, 9.17) is 71.8 Å². The summed E-state index contributed by atoms with van der Waals surface area (Å²) in [6, 6.07) is 30.4. The van der Waals surface area contributed by atoms with E-state index in [1.165, 1.54) is 87.1 Å². The lowest BCUT2D eigenvalue weighted by Crippen LogP contribution is -2.41. The first kappa shape index (κ1) is 109. The molecular weight excluding hydrogens is 2080 g/mol. The fourth-order valence-electron chi connectivity index (χ4n) is 11.5. The molecule has 1 amide bonds. The Hall–Kier alpha value is -16.8. The van der Waals surface area contributed by atoms with E-state index in [1.807, 2.05) is 92.6 Å². The van der Waals surface area contributed by atoms with Gasteiger partial charge in [0.2, 0.25) is 46.4 Å². The predicted molar refractivity (Wildman–Crippen MR) is 529 cm³/mol. The van der Waals surface area contributed by atoms with Crippen LogP contribution in [-0.2, 0) is 38.7 Å². The molecule has 20 rings (SSSR count). The summed E-state index contributed by atoms with van der Waals surface area (Å²) < 4.78 is 76.3. The number of carbonyl (C=O) groups is 1. The molecule has 0 radical (unpaired) electrons. The number of carbonyl (C=O) groups excluding carboxylic acids is 3. The van der Waals surface area contributed by atoms with Crippen LogP contribution in [0.4, 0.5) is 20.2 Å². The minimum atomic E-state index is -0.541. The number of rotatable bonds is 18. The minimum absolute atomic E-state index is 0.0114. The number of alkyl halides is 2. The number of hydrogen-bond acceptors (Lipinski definition) is 42. The SMILES string of the molecule is Cc1cc(-c2nc3cc(B4OC(C)(C)C(C)(C)O4)cnc3o2)ncn1.Cc1cc(-c2nc3cc(Br)cnc3o2)ncn1.Cc1cc(-c2nc3cc(O)cnc3o2)ncn1.Cc1cc(-c2nc3cc(OCc4ccc(OCCF)cn4)cnc3o2)ncn1.Cc1cc(C(=O)Nc2cc(Br)c[nH]c2=O)ncn1.Cc1ccncn1.Nc1cc(Br)c[nH]c1=O.O=C=O.OCc1ccc(O)cn1.OCc1ccc(OCCF)cn1. The Balaban J connectivity index is 0.000000159. The van der Waals surface area contributed by atoms with Crippen molar-refractivity contribution in [2.24, 2.45) is 0 Å². The van der Waals surface area contributed by atoms with Gasteiger partial charge < -0.3 is 82.6 Å². The van der Waals surface area contributed by atoms with Gasteiger partial charge in [-0.1, -0.05) is 0 Å².